The molecule has 5 aliphatic rings. The molecular weight excluding hydrogens is 982 g/mol. The van der Waals surface area contributed by atoms with Crippen LogP contribution in [0.5, 0.6) is 0 Å². The van der Waals surface area contributed by atoms with Crippen LogP contribution < -0.4 is 15.4 Å². The first-order valence-electron chi connectivity index (χ1n) is 24.1. The van der Waals surface area contributed by atoms with Crippen LogP contribution >= 0.6 is 23.5 Å². The lowest BCUT2D eigenvalue weighted by Crippen LogP contribution is -2.66. The average Bonchev–Trinajstić information content (AvgIpc) is 4.16. The van der Waals surface area contributed by atoms with Crippen LogP contribution in [0.3, 0.4) is 0 Å². The van der Waals surface area contributed by atoms with Gasteiger partial charge in [-0.15, -0.1) is 0 Å². The molecule has 13 nitrogen and oxygen atoms in total. The average molecular weight is 1050 g/mol. The molecule has 387 valence electrons. The molecule has 0 aromatic heterocycles. The predicted octanol–water partition coefficient (Wildman–Crippen LogP) is 7.77. The summed E-state index contributed by atoms with van der Waals surface area (Å²) < 4.78 is 95.9. The third-order valence-corrected chi connectivity index (χ3v) is 17.5. The standard InChI is InChI=1S/C48H64ClF6N6O7SSi/c1-29(2)23-38-42(64)59(3)37(25-32-24-33(49)15-16-35(32)30-17-20-68-21-18-30)40(62)56-19-8-6-5-7-9-22-70(45(67)58-69-38)60(4)43(65)39(31-13-14-31)57-41(63)36-12-10-11-34(50)26-61(36)44(66)46(48(53,54)55)27-47(51,52)28-46/h7,9,15-17,24,29,31,34,36-39H,5-6,8,10-14,18-23,25-28H2,1-4H3,(H,56,62)(H,57,63)(H,58,67)/b9-7+/t34-,36-,37-,38-,39-/m0/s1. The van der Waals surface area contributed by atoms with E-state index < -0.39 is 110 Å². The quantitative estimate of drug-likeness (QED) is 0.0879. The molecule has 1 aromatic carbocycles. The van der Waals surface area contributed by atoms with E-state index in [9.17, 15) is 50.7 Å². The van der Waals surface area contributed by atoms with Crippen LogP contribution in [0.25, 0.3) is 5.57 Å². The lowest BCUT2D eigenvalue weighted by molar-refractivity contribution is -0.299. The smallest absolute Gasteiger partial charge is 0.377 e. The van der Waals surface area contributed by atoms with E-state index in [0.717, 1.165) is 28.6 Å². The summed E-state index contributed by atoms with van der Waals surface area (Å²) in [7, 11) is 0.409. The SMILES string of the molecule is CC(C)C[C@@H]1SNC(=O)[Si](N(C)C(=O)[C@@H](NC(=O)[C@@H]2CCC[C@H](F)CN2C(=O)C2(C(F)(F)F)CC(F)(F)C2)C2CC2)C/C=C/CCCCNC(=O)[C@H](Cc2cc(Cl)ccc2C2=CCOCC2)N(C)C1=O. The fraction of sp³-hybridized carbons (Fsp3) is 0.667. The van der Waals surface area contributed by atoms with Crippen LogP contribution in [-0.2, 0) is 35.1 Å². The van der Waals surface area contributed by atoms with Crippen LogP contribution in [0, 0.1) is 17.3 Å². The molecular formula is C48H64ClF6N6O7SSi. The van der Waals surface area contributed by atoms with Gasteiger partial charge in [0.2, 0.25) is 35.1 Å². The van der Waals surface area contributed by atoms with E-state index in [-0.39, 0.29) is 43.6 Å². The van der Waals surface area contributed by atoms with Crippen molar-refractivity contribution in [2.24, 2.45) is 17.3 Å². The Kier molecular flexibility index (Phi) is 18.7. The van der Waals surface area contributed by atoms with Gasteiger partial charge in [-0.3, -0.25) is 28.8 Å². The van der Waals surface area contributed by atoms with Crippen LogP contribution in [0.15, 0.2) is 36.4 Å². The molecule has 0 unspecified atom stereocenters. The number of likely N-dealkylation sites (N-methyl/N-ethyl adjacent to an activating group) is 2. The lowest BCUT2D eigenvalue weighted by Gasteiger charge is -2.49. The number of nitrogens with zero attached hydrogens (tertiary/aromatic N) is 3. The molecule has 5 atom stereocenters. The van der Waals surface area contributed by atoms with Crippen LogP contribution in [0.2, 0.25) is 11.1 Å². The number of amides is 6. The maximum absolute atomic E-state index is 15.0. The molecule has 22 heteroatoms. The van der Waals surface area contributed by atoms with Crippen molar-refractivity contribution in [1.29, 1.82) is 0 Å². The molecule has 1 aromatic rings. The molecule has 0 bridgehead atoms. The Hall–Kier alpha value is -4.08. The molecule has 70 heavy (non-hydrogen) atoms. The number of rotatable bonds is 11. The molecule has 3 aliphatic heterocycles. The summed E-state index contributed by atoms with van der Waals surface area (Å²) in [6.45, 7) is 4.23. The van der Waals surface area contributed by atoms with Crippen LogP contribution in [0.1, 0.15) is 102 Å². The normalized spacial score (nSPS) is 26.4. The zero-order chi connectivity index (χ0) is 51.1. The second kappa shape index (κ2) is 23.6. The molecule has 2 aliphatic carbocycles. The number of ether oxygens (including phenoxy) is 1. The second-order valence-electron chi connectivity index (χ2n) is 19.6. The van der Waals surface area contributed by atoms with E-state index in [2.05, 4.69) is 15.4 Å². The first kappa shape index (κ1) is 55.2. The molecule has 2 saturated carbocycles. The Morgan fingerprint density at radius 2 is 1.79 bits per heavy atom. The van der Waals surface area contributed by atoms with Gasteiger partial charge in [-0.25, -0.2) is 13.2 Å². The Bertz CT molecular complexity index is 2160. The van der Waals surface area contributed by atoms with Gasteiger partial charge in [0.1, 0.15) is 29.5 Å². The highest BCUT2D eigenvalue weighted by Crippen LogP contribution is 2.61. The molecule has 3 N–H and O–H groups in total. The molecule has 3 heterocycles. The summed E-state index contributed by atoms with van der Waals surface area (Å²) in [5, 5.41) is 5.26. The number of likely N-dealkylation sites (tertiary alicyclic amines) is 1. The zero-order valence-electron chi connectivity index (χ0n) is 40.0. The second-order valence-corrected chi connectivity index (χ2v) is 23.5. The summed E-state index contributed by atoms with van der Waals surface area (Å²) in [5.74, 6) is -8.48. The molecule has 3 fully saturated rings. The zero-order valence-corrected chi connectivity index (χ0v) is 42.6. The molecule has 1 saturated heterocycles. The summed E-state index contributed by atoms with van der Waals surface area (Å²) in [4.78, 5) is 87.3. The molecule has 1 radical (unpaired) electrons. The van der Waals surface area contributed by atoms with Crippen molar-refractivity contribution in [2.75, 3.05) is 40.4 Å². The Balaban J connectivity index is 1.22. The van der Waals surface area contributed by atoms with Gasteiger partial charge < -0.3 is 34.5 Å². The van der Waals surface area contributed by atoms with Gasteiger partial charge in [0.25, 0.3) is 14.9 Å². The maximum Gasteiger partial charge on any atom is 0.403 e. The largest absolute Gasteiger partial charge is 0.403 e. The number of carbonyl (C=O) groups excluding carboxylic acids is 6. The summed E-state index contributed by atoms with van der Waals surface area (Å²) >= 11 is 7.39. The molecule has 0 spiro atoms. The van der Waals surface area contributed by atoms with Gasteiger partial charge in [-0.2, -0.15) is 13.2 Å². The van der Waals surface area contributed by atoms with Gasteiger partial charge in [-0.05, 0) is 123 Å². The number of halogens is 7. The third-order valence-electron chi connectivity index (χ3n) is 13.8. The van der Waals surface area contributed by atoms with E-state index in [0.29, 0.717) is 74.6 Å². The van der Waals surface area contributed by atoms with Crippen molar-refractivity contribution >= 4 is 73.1 Å². The lowest BCUT2D eigenvalue weighted by atomic mass is 9.64. The third kappa shape index (κ3) is 13.5. The van der Waals surface area contributed by atoms with Crippen molar-refractivity contribution < 1.29 is 59.8 Å². The Morgan fingerprint density at radius 1 is 1.06 bits per heavy atom. The van der Waals surface area contributed by atoms with Crippen molar-refractivity contribution in [3.05, 3.63) is 52.6 Å². The first-order valence-corrected chi connectivity index (χ1v) is 27.0. The van der Waals surface area contributed by atoms with E-state index in [4.69, 9.17) is 16.3 Å². The summed E-state index contributed by atoms with van der Waals surface area (Å²) in [5.41, 5.74) is -1.31. The minimum atomic E-state index is -5.40. The minimum absolute atomic E-state index is 0.00149. The van der Waals surface area contributed by atoms with Crippen LogP contribution in [0.4, 0.5) is 31.1 Å². The van der Waals surface area contributed by atoms with Gasteiger partial charge in [0, 0.05) is 44.9 Å². The Labute approximate surface area is 416 Å². The first-order chi connectivity index (χ1) is 33.0. The van der Waals surface area contributed by atoms with Crippen molar-refractivity contribution in [3.8, 4) is 0 Å². The van der Waals surface area contributed by atoms with Gasteiger partial charge >= 0.3 is 6.18 Å². The molecule has 6 rings (SSSR count). The number of allylic oxidation sites excluding steroid dienone is 2. The predicted molar refractivity (Wildman–Crippen MR) is 255 cm³/mol. The fourth-order valence-electron chi connectivity index (χ4n) is 9.63. The van der Waals surface area contributed by atoms with Gasteiger partial charge in [0.05, 0.1) is 19.8 Å². The number of nitrogens with one attached hydrogen (secondary N) is 3. The van der Waals surface area contributed by atoms with Gasteiger partial charge in [-0.1, -0.05) is 49.7 Å². The van der Waals surface area contributed by atoms with Crippen molar-refractivity contribution in [1.82, 2.24) is 29.7 Å². The highest BCUT2D eigenvalue weighted by molar-refractivity contribution is 7.99. The van der Waals surface area contributed by atoms with Crippen molar-refractivity contribution in [2.45, 2.75) is 145 Å². The number of hydrogen-bond donors (Lipinski definition) is 3. The monoisotopic (exact) mass is 1050 g/mol. The maximum atomic E-state index is 15.0. The number of carbonyl (C=O) groups is 6. The summed E-state index contributed by atoms with van der Waals surface area (Å²) in [6.07, 6.45) is -1.76. The highest BCUT2D eigenvalue weighted by Gasteiger charge is 2.74. The number of benzene rings is 1. The van der Waals surface area contributed by atoms with E-state index in [1.807, 2.05) is 32.1 Å². The van der Waals surface area contributed by atoms with Gasteiger partial charge in [0.15, 0.2) is 5.41 Å². The van der Waals surface area contributed by atoms with Crippen molar-refractivity contribution in [3.63, 3.8) is 0 Å². The minimum Gasteiger partial charge on any atom is -0.377 e. The van der Waals surface area contributed by atoms with Crippen LogP contribution in [-0.4, -0.2) is 140 Å². The Morgan fingerprint density at radius 3 is 2.43 bits per heavy atom. The number of alkyl halides is 6. The highest BCUT2D eigenvalue weighted by atomic mass is 35.5. The topological polar surface area (TPSA) is 157 Å². The summed E-state index contributed by atoms with van der Waals surface area (Å²) in [6, 6.07) is 1.69. The van der Waals surface area contributed by atoms with E-state index in [1.54, 1.807) is 25.3 Å². The fourth-order valence-corrected chi connectivity index (χ4v) is 13.0. The molecule has 6 amide bonds. The number of hydrogen-bond acceptors (Lipinski definition) is 8. The van der Waals surface area contributed by atoms with E-state index in [1.165, 1.54) is 16.5 Å². The van der Waals surface area contributed by atoms with E-state index >= 15 is 4.39 Å².